The van der Waals surface area contributed by atoms with Crippen LogP contribution in [0.1, 0.15) is 52.0 Å². The number of benzene rings is 1. The second-order valence-electron chi connectivity index (χ2n) is 11.0. The molecule has 1 aromatic heterocycles. The fourth-order valence-electron chi connectivity index (χ4n) is 4.40. The molecule has 0 saturated carbocycles. The summed E-state index contributed by atoms with van der Waals surface area (Å²) in [5.41, 5.74) is 7.96. The molecule has 11 nitrogen and oxygen atoms in total. The number of carbonyl (C=O) groups excluding carboxylic acids is 1. The summed E-state index contributed by atoms with van der Waals surface area (Å²) in [6, 6.07) is 8.91. The van der Waals surface area contributed by atoms with Gasteiger partial charge in [0.1, 0.15) is 5.69 Å². The number of amides is 1. The molecule has 0 atom stereocenters. The minimum Gasteiger partial charge on any atom is -0.483 e. The van der Waals surface area contributed by atoms with E-state index in [2.05, 4.69) is 90.5 Å². The Hall–Kier alpha value is -3.09. The second-order valence-corrected chi connectivity index (χ2v) is 12.1. The zero-order valence-corrected chi connectivity index (χ0v) is 26.5. The van der Waals surface area contributed by atoms with Crippen LogP contribution in [0.2, 0.25) is 0 Å². The van der Waals surface area contributed by atoms with Gasteiger partial charge in [0, 0.05) is 38.1 Å². The highest BCUT2D eigenvalue weighted by molar-refractivity contribution is 7.97. The van der Waals surface area contributed by atoms with Crippen LogP contribution in [0, 0.1) is 12.3 Å². The Balaban J connectivity index is 0.00000268. The van der Waals surface area contributed by atoms with E-state index in [-0.39, 0.29) is 23.7 Å². The molecule has 0 spiro atoms. The van der Waals surface area contributed by atoms with Crippen molar-refractivity contribution in [1.82, 2.24) is 19.2 Å². The summed E-state index contributed by atoms with van der Waals surface area (Å²) in [7, 11) is 6.21. The number of nitrogens with two attached hydrogens (primary N) is 1. The van der Waals surface area contributed by atoms with E-state index in [9.17, 15) is 4.79 Å². The number of hydrogen-bond acceptors (Lipinski definition) is 10. The lowest BCUT2D eigenvalue weighted by Gasteiger charge is -2.34. The van der Waals surface area contributed by atoms with Gasteiger partial charge in [-0.3, -0.25) is 9.59 Å². The molecule has 0 unspecified atom stereocenters. The van der Waals surface area contributed by atoms with Gasteiger partial charge in [0.25, 0.3) is 6.47 Å². The number of hydrogen-bond donors (Lipinski definition) is 3. The van der Waals surface area contributed by atoms with E-state index >= 15 is 0 Å². The van der Waals surface area contributed by atoms with Gasteiger partial charge in [-0.15, -0.1) is 0 Å². The molecule has 0 fully saturated rings. The zero-order chi connectivity index (χ0) is 30.8. The summed E-state index contributed by atoms with van der Waals surface area (Å²) in [5.74, 6) is 0.763. The summed E-state index contributed by atoms with van der Waals surface area (Å²) in [4.78, 5) is 33.8. The fraction of sp³-hybridized carbons (Fsp3) is 0.586. The van der Waals surface area contributed by atoms with Crippen LogP contribution in [0.4, 0.5) is 17.3 Å². The third-order valence-corrected chi connectivity index (χ3v) is 6.95. The van der Waals surface area contributed by atoms with Crippen molar-refractivity contribution < 1.29 is 19.4 Å². The Morgan fingerprint density at radius 1 is 1.10 bits per heavy atom. The number of carboxylic acid groups (broad SMARTS) is 1. The maximum Gasteiger partial charge on any atom is 0.320 e. The van der Waals surface area contributed by atoms with Crippen molar-refractivity contribution >= 4 is 42.2 Å². The highest BCUT2D eigenvalue weighted by atomic mass is 32.2. The van der Waals surface area contributed by atoms with Gasteiger partial charge in [-0.05, 0) is 75.3 Å². The van der Waals surface area contributed by atoms with E-state index in [1.54, 1.807) is 0 Å². The Morgan fingerprint density at radius 2 is 1.78 bits per heavy atom. The van der Waals surface area contributed by atoms with E-state index in [4.69, 9.17) is 20.4 Å². The van der Waals surface area contributed by atoms with Crippen LogP contribution < -0.4 is 20.7 Å². The number of aryl methyl sites for hydroxylation is 1. The normalized spacial score (nSPS) is 11.1. The summed E-state index contributed by atoms with van der Waals surface area (Å²) >= 11 is 1.83. The number of aromatic nitrogens is 2. The molecule has 4 N–H and O–H groups in total. The lowest BCUT2D eigenvalue weighted by Crippen LogP contribution is -2.38. The first kappa shape index (κ1) is 35.9. The lowest BCUT2D eigenvalue weighted by molar-refractivity contribution is -0.122. The van der Waals surface area contributed by atoms with E-state index in [0.29, 0.717) is 24.5 Å². The summed E-state index contributed by atoms with van der Waals surface area (Å²) in [6.07, 6.45) is 4.48. The van der Waals surface area contributed by atoms with Crippen LogP contribution >= 0.6 is 11.9 Å². The maximum atomic E-state index is 11.2. The summed E-state index contributed by atoms with van der Waals surface area (Å²) < 4.78 is 8.18. The predicted molar refractivity (Wildman–Crippen MR) is 169 cm³/mol. The molecular formula is C29H49N7O4S. The summed E-state index contributed by atoms with van der Waals surface area (Å²) in [6.45, 7) is 12.9. The van der Waals surface area contributed by atoms with Gasteiger partial charge < -0.3 is 30.7 Å². The first-order valence-corrected chi connectivity index (χ1v) is 14.7. The molecule has 1 heterocycles. The topological polar surface area (TPSA) is 137 Å². The minimum absolute atomic E-state index is 0.152. The number of anilines is 3. The Morgan fingerprint density at radius 3 is 2.39 bits per heavy atom. The number of nitrogens with zero attached hydrogens (tertiary/aromatic N) is 5. The van der Waals surface area contributed by atoms with Crippen LogP contribution in [0.15, 0.2) is 29.2 Å². The van der Waals surface area contributed by atoms with Crippen LogP contribution in [0.3, 0.4) is 0 Å². The average molecular weight is 592 g/mol. The van der Waals surface area contributed by atoms with Crippen LogP contribution in [-0.2, 0) is 9.59 Å². The molecule has 12 heteroatoms. The number of rotatable bonds is 18. The Labute approximate surface area is 250 Å². The molecule has 0 saturated heterocycles. The van der Waals surface area contributed by atoms with E-state index < -0.39 is 0 Å². The van der Waals surface area contributed by atoms with E-state index in [1.807, 2.05) is 23.9 Å². The Bertz CT molecular complexity index is 1060. The van der Waals surface area contributed by atoms with Crippen LogP contribution in [0.5, 0.6) is 6.01 Å². The third kappa shape index (κ3) is 14.4. The SMILES string of the molecule is CCCCOc1nc(N)c(NC=O)c(N(C)CCCCN(CC(C)(C)CN(C)C)Sc2cccc(C)c2)n1.O=CO. The first-order valence-electron chi connectivity index (χ1n) is 13.9. The van der Waals surface area contributed by atoms with Gasteiger partial charge in [-0.1, -0.05) is 39.3 Å². The standard InChI is InChI=1S/C28H47N7O2S.CH2O2/c1-8-9-17-37-27-31-25(29)24(30-21-36)26(32-27)34(7)15-10-11-16-35(20-28(3,4)19-33(5)6)38-23-14-12-13-22(2)18-23;2-1-3/h12-14,18,21H,8-11,15-17,19-20H2,1-7H3,(H,30,36)(H2,29,31,32);1H,(H,2,3). The maximum absolute atomic E-state index is 11.2. The molecule has 2 aromatic rings. The van der Waals surface area contributed by atoms with Crippen molar-refractivity contribution in [3.63, 3.8) is 0 Å². The first-order chi connectivity index (χ1) is 19.5. The monoisotopic (exact) mass is 591 g/mol. The molecule has 0 aliphatic heterocycles. The number of unbranched alkanes of at least 4 members (excludes halogenated alkanes) is 2. The van der Waals surface area contributed by atoms with Crippen molar-refractivity contribution in [2.24, 2.45) is 5.41 Å². The van der Waals surface area contributed by atoms with E-state index in [1.165, 1.54) is 10.5 Å². The number of nitrogens with one attached hydrogen (secondary N) is 1. The van der Waals surface area contributed by atoms with Gasteiger partial charge in [0.15, 0.2) is 11.6 Å². The highest BCUT2D eigenvalue weighted by Gasteiger charge is 2.24. The van der Waals surface area contributed by atoms with Crippen molar-refractivity contribution in [2.75, 3.05) is 69.9 Å². The molecule has 0 bridgehead atoms. The zero-order valence-electron chi connectivity index (χ0n) is 25.7. The quantitative estimate of drug-likeness (QED) is 0.127. The second kappa shape index (κ2) is 19.1. The molecular weight excluding hydrogens is 542 g/mol. The molecule has 0 radical (unpaired) electrons. The minimum atomic E-state index is -0.250. The van der Waals surface area contributed by atoms with Crippen LogP contribution in [0.25, 0.3) is 0 Å². The Kier molecular flexibility index (Phi) is 16.7. The molecule has 0 aliphatic rings. The fourth-order valence-corrected chi connectivity index (χ4v) is 5.71. The average Bonchev–Trinajstić information content (AvgIpc) is 2.87. The largest absolute Gasteiger partial charge is 0.483 e. The van der Waals surface area contributed by atoms with Crippen molar-refractivity contribution in [3.8, 4) is 6.01 Å². The molecule has 2 rings (SSSR count). The lowest BCUT2D eigenvalue weighted by atomic mass is 9.93. The van der Waals surface area contributed by atoms with Crippen molar-refractivity contribution in [2.45, 2.75) is 58.3 Å². The summed E-state index contributed by atoms with van der Waals surface area (Å²) in [5, 5.41) is 9.55. The highest BCUT2D eigenvalue weighted by Crippen LogP contribution is 2.31. The molecule has 1 aromatic carbocycles. The van der Waals surface area contributed by atoms with Crippen molar-refractivity contribution in [3.05, 3.63) is 29.8 Å². The molecule has 1 amide bonds. The van der Waals surface area contributed by atoms with Crippen LogP contribution in [-0.4, -0.2) is 91.1 Å². The van der Waals surface area contributed by atoms with E-state index in [0.717, 1.165) is 51.9 Å². The van der Waals surface area contributed by atoms with Gasteiger partial charge in [0.05, 0.1) is 6.61 Å². The molecule has 230 valence electrons. The smallest absolute Gasteiger partial charge is 0.320 e. The van der Waals surface area contributed by atoms with Gasteiger partial charge in [0.2, 0.25) is 6.41 Å². The van der Waals surface area contributed by atoms with Gasteiger partial charge in [-0.2, -0.15) is 9.97 Å². The third-order valence-electron chi connectivity index (χ3n) is 5.92. The molecule has 41 heavy (non-hydrogen) atoms. The number of carbonyl (C=O) groups is 2. The van der Waals surface area contributed by atoms with Gasteiger partial charge in [-0.25, -0.2) is 4.31 Å². The number of nitrogen functional groups attached to an aromatic ring is 1. The molecule has 0 aliphatic carbocycles. The van der Waals surface area contributed by atoms with Gasteiger partial charge >= 0.3 is 6.01 Å². The van der Waals surface area contributed by atoms with Crippen molar-refractivity contribution in [1.29, 1.82) is 0 Å². The predicted octanol–water partition coefficient (Wildman–Crippen LogP) is 4.63. The number of ether oxygens (including phenoxy) is 1.